The van der Waals surface area contributed by atoms with E-state index in [0.29, 0.717) is 29.1 Å². The Morgan fingerprint density at radius 1 is 1.12 bits per heavy atom. The van der Waals surface area contributed by atoms with Gasteiger partial charge in [-0.3, -0.25) is 9.69 Å². The number of rotatable bonds is 4. The van der Waals surface area contributed by atoms with Crippen LogP contribution in [0.2, 0.25) is 0 Å². The van der Waals surface area contributed by atoms with E-state index in [-0.39, 0.29) is 11.6 Å². The average Bonchev–Trinajstić information content (AvgIpc) is 3.25. The maximum atomic E-state index is 12.9. The number of carbonyl (C=O) groups excluding carboxylic acids is 1. The molecular weight excluding hydrogens is 320 g/mol. The van der Waals surface area contributed by atoms with Gasteiger partial charge in [0.25, 0.3) is 0 Å². The molecule has 6 nitrogen and oxygen atoms in total. The number of carbonyl (C=O) groups is 1. The van der Waals surface area contributed by atoms with Gasteiger partial charge in [0, 0.05) is 25.6 Å². The minimum atomic E-state index is -0.292. The highest BCUT2D eigenvalue weighted by Crippen LogP contribution is 2.56. The highest BCUT2D eigenvalue weighted by Gasteiger charge is 2.64. The van der Waals surface area contributed by atoms with Crippen LogP contribution in [-0.4, -0.2) is 62.7 Å². The summed E-state index contributed by atoms with van der Waals surface area (Å²) in [4.78, 5) is 17.3. The minimum absolute atomic E-state index is 0.221. The number of methoxy groups -OCH3 is 3. The molecule has 0 bridgehead atoms. The standard InChI is InChI=1S/C19H26N2O4/c1-20-11-13-10-14(21-7-5-6-19(13,21)18(20)22)12-8-15(23-2)17(25-4)16(9-12)24-3/h8-9,13-14H,5-7,10-11H2,1-4H3/t13-,14?,19+/m1/s1. The highest BCUT2D eigenvalue weighted by atomic mass is 16.5. The van der Waals surface area contributed by atoms with Gasteiger partial charge in [0.05, 0.1) is 21.3 Å². The first-order chi connectivity index (χ1) is 12.1. The van der Waals surface area contributed by atoms with E-state index in [1.165, 1.54) is 0 Å². The quantitative estimate of drug-likeness (QED) is 0.835. The molecule has 1 amide bonds. The molecule has 1 aromatic carbocycles. The largest absolute Gasteiger partial charge is 0.493 e. The Morgan fingerprint density at radius 2 is 1.80 bits per heavy atom. The lowest BCUT2D eigenvalue weighted by Crippen LogP contribution is -2.49. The molecule has 136 valence electrons. The van der Waals surface area contributed by atoms with E-state index in [1.807, 2.05) is 24.1 Å². The zero-order chi connectivity index (χ0) is 17.8. The van der Waals surface area contributed by atoms with Crippen LogP contribution in [0.25, 0.3) is 0 Å². The summed E-state index contributed by atoms with van der Waals surface area (Å²) in [6, 6.07) is 4.29. The summed E-state index contributed by atoms with van der Waals surface area (Å²) in [5, 5.41) is 0. The zero-order valence-electron chi connectivity index (χ0n) is 15.4. The van der Waals surface area contributed by atoms with Gasteiger partial charge in [0.2, 0.25) is 11.7 Å². The predicted octanol–water partition coefficient (Wildman–Crippen LogP) is 2.08. The Hall–Kier alpha value is -1.95. The molecule has 25 heavy (non-hydrogen) atoms. The van der Waals surface area contributed by atoms with E-state index in [9.17, 15) is 4.79 Å². The number of likely N-dealkylation sites (tertiary alicyclic amines) is 1. The predicted molar refractivity (Wildman–Crippen MR) is 93.3 cm³/mol. The lowest BCUT2D eigenvalue weighted by molar-refractivity contribution is -0.135. The van der Waals surface area contributed by atoms with Crippen LogP contribution in [0, 0.1) is 5.92 Å². The van der Waals surface area contributed by atoms with E-state index in [4.69, 9.17) is 14.2 Å². The van der Waals surface area contributed by atoms with Crippen molar-refractivity contribution < 1.29 is 19.0 Å². The first-order valence-corrected chi connectivity index (χ1v) is 8.89. The van der Waals surface area contributed by atoms with Gasteiger partial charge < -0.3 is 19.1 Å². The fourth-order valence-corrected chi connectivity index (χ4v) is 5.31. The third kappa shape index (κ3) is 2.09. The molecule has 6 heteroatoms. The summed E-state index contributed by atoms with van der Waals surface area (Å²) in [6.07, 6.45) is 3.05. The number of ether oxygens (including phenoxy) is 3. The zero-order valence-corrected chi connectivity index (χ0v) is 15.4. The minimum Gasteiger partial charge on any atom is -0.493 e. The molecule has 4 rings (SSSR count). The number of amides is 1. The van der Waals surface area contributed by atoms with Crippen LogP contribution in [0.5, 0.6) is 17.2 Å². The van der Waals surface area contributed by atoms with E-state index in [2.05, 4.69) is 4.90 Å². The Bertz CT molecular complexity index is 682. The van der Waals surface area contributed by atoms with Crippen molar-refractivity contribution >= 4 is 5.91 Å². The maximum Gasteiger partial charge on any atom is 0.243 e. The fourth-order valence-electron chi connectivity index (χ4n) is 5.31. The van der Waals surface area contributed by atoms with Crippen molar-refractivity contribution in [3.05, 3.63) is 17.7 Å². The van der Waals surface area contributed by atoms with Crippen molar-refractivity contribution in [2.24, 2.45) is 5.92 Å². The van der Waals surface area contributed by atoms with Crippen LogP contribution < -0.4 is 14.2 Å². The van der Waals surface area contributed by atoms with Gasteiger partial charge in [-0.05, 0) is 43.5 Å². The van der Waals surface area contributed by atoms with E-state index in [0.717, 1.165) is 37.9 Å². The molecule has 0 aliphatic carbocycles. The number of nitrogens with zero attached hydrogens (tertiary/aromatic N) is 2. The van der Waals surface area contributed by atoms with Gasteiger partial charge in [0.15, 0.2) is 11.5 Å². The van der Waals surface area contributed by atoms with E-state index < -0.39 is 0 Å². The Balaban J connectivity index is 1.76. The molecule has 3 aliphatic rings. The second-order valence-corrected chi connectivity index (χ2v) is 7.31. The molecular formula is C19H26N2O4. The molecule has 3 saturated heterocycles. The van der Waals surface area contributed by atoms with E-state index in [1.54, 1.807) is 21.3 Å². The molecule has 3 heterocycles. The second-order valence-electron chi connectivity index (χ2n) is 7.31. The first kappa shape index (κ1) is 16.5. The van der Waals surface area contributed by atoms with Crippen molar-refractivity contribution in [2.45, 2.75) is 30.8 Å². The van der Waals surface area contributed by atoms with Gasteiger partial charge in [-0.15, -0.1) is 0 Å². The Labute approximate surface area is 148 Å². The van der Waals surface area contributed by atoms with Gasteiger partial charge in [0.1, 0.15) is 5.54 Å². The monoisotopic (exact) mass is 346 g/mol. The Kier molecular flexibility index (Phi) is 3.83. The van der Waals surface area contributed by atoms with Crippen molar-refractivity contribution in [1.29, 1.82) is 0 Å². The summed E-state index contributed by atoms with van der Waals surface area (Å²) in [7, 11) is 6.82. The SMILES string of the molecule is COc1cc(C2C[C@@H]3CN(C)C(=O)[C@]34CCCN24)cc(OC)c1OC. The molecule has 0 saturated carbocycles. The number of benzene rings is 1. The molecule has 1 unspecified atom stereocenters. The van der Waals surface area contributed by atoms with Crippen molar-refractivity contribution in [3.63, 3.8) is 0 Å². The fraction of sp³-hybridized carbons (Fsp3) is 0.632. The first-order valence-electron chi connectivity index (χ1n) is 8.89. The van der Waals surface area contributed by atoms with Crippen LogP contribution in [0.4, 0.5) is 0 Å². The molecule has 1 spiro atoms. The van der Waals surface area contributed by atoms with Crippen LogP contribution >= 0.6 is 0 Å². The molecule has 1 aromatic rings. The van der Waals surface area contributed by atoms with Crippen LogP contribution in [0.15, 0.2) is 12.1 Å². The number of likely N-dealkylation sites (N-methyl/N-ethyl adjacent to an activating group) is 1. The van der Waals surface area contributed by atoms with Gasteiger partial charge >= 0.3 is 0 Å². The molecule has 0 radical (unpaired) electrons. The molecule has 0 N–H and O–H groups in total. The van der Waals surface area contributed by atoms with Gasteiger partial charge in [-0.25, -0.2) is 0 Å². The van der Waals surface area contributed by atoms with Crippen LogP contribution in [-0.2, 0) is 4.79 Å². The van der Waals surface area contributed by atoms with Gasteiger partial charge in [-0.2, -0.15) is 0 Å². The van der Waals surface area contributed by atoms with Gasteiger partial charge in [-0.1, -0.05) is 0 Å². The molecule has 3 fully saturated rings. The maximum absolute atomic E-state index is 12.9. The van der Waals surface area contributed by atoms with Crippen molar-refractivity contribution in [1.82, 2.24) is 9.80 Å². The third-order valence-electron chi connectivity index (χ3n) is 6.31. The van der Waals surface area contributed by atoms with Crippen molar-refractivity contribution in [3.8, 4) is 17.2 Å². The van der Waals surface area contributed by atoms with Crippen LogP contribution in [0.1, 0.15) is 30.9 Å². The summed E-state index contributed by atoms with van der Waals surface area (Å²) < 4.78 is 16.5. The van der Waals surface area contributed by atoms with Crippen molar-refractivity contribution in [2.75, 3.05) is 41.5 Å². The molecule has 3 aliphatic heterocycles. The smallest absolute Gasteiger partial charge is 0.243 e. The Morgan fingerprint density at radius 3 is 2.40 bits per heavy atom. The highest BCUT2D eigenvalue weighted by molar-refractivity contribution is 5.90. The molecule has 3 atom stereocenters. The topological polar surface area (TPSA) is 51.2 Å². The number of hydrogen-bond donors (Lipinski definition) is 0. The lowest BCUT2D eigenvalue weighted by Gasteiger charge is -2.33. The average molecular weight is 346 g/mol. The second kappa shape index (κ2) is 5.80. The summed E-state index contributed by atoms with van der Waals surface area (Å²) in [5.41, 5.74) is 0.848. The molecule has 0 aromatic heterocycles. The summed E-state index contributed by atoms with van der Waals surface area (Å²) >= 11 is 0. The lowest BCUT2D eigenvalue weighted by atomic mass is 9.85. The summed E-state index contributed by atoms with van der Waals surface area (Å²) in [6.45, 7) is 1.83. The number of hydrogen-bond acceptors (Lipinski definition) is 5. The third-order valence-corrected chi connectivity index (χ3v) is 6.31. The van der Waals surface area contributed by atoms with E-state index >= 15 is 0 Å². The summed E-state index contributed by atoms with van der Waals surface area (Å²) in [5.74, 6) is 2.65. The normalized spacial score (nSPS) is 31.2. The van der Waals surface area contributed by atoms with Crippen LogP contribution in [0.3, 0.4) is 0 Å².